The Morgan fingerprint density at radius 2 is 1.05 bits per heavy atom. The Labute approximate surface area is 343 Å². The third-order valence-corrected chi connectivity index (χ3v) is 10.1. The second kappa shape index (κ2) is 20.7. The van der Waals surface area contributed by atoms with Crippen LogP contribution in [0.25, 0.3) is 40.3 Å². The van der Waals surface area contributed by atoms with Gasteiger partial charge in [0, 0.05) is 51.3 Å². The van der Waals surface area contributed by atoms with Gasteiger partial charge in [0.2, 0.25) is 0 Å². The summed E-state index contributed by atoms with van der Waals surface area (Å²) in [5.74, 6) is -0.677. The highest BCUT2D eigenvalue weighted by Crippen LogP contribution is 2.28. The number of thiol groups is 1. The zero-order valence-electron chi connectivity index (χ0n) is 29.8. The van der Waals surface area contributed by atoms with Crippen LogP contribution >= 0.6 is 35.3 Å². The van der Waals surface area contributed by atoms with Crippen molar-refractivity contribution in [1.82, 2.24) is 0 Å². The standard InChI is InChI=1S/C16H10O3S.C13H8O2S.C7H6O2S.C6H6O.H2O4S/c1-2-15(17)19-10-7-8-14-12(9-10)16(18)11-5-3-4-6-13(11)20-14;14-8-5-6-12-10(7-8)13(15)9-3-1-2-4-11(9)16-12;8-7(9)5-3-1-2-4-6(5)10;7-6-4-2-1-3-5-6;1-5(2,3)4/h2-9H,1H2;1-7,14H;1-4,10H,(H,8,9);1-5,7H;(H2,1,2,3,4). The lowest BCUT2D eigenvalue weighted by Gasteiger charge is -2.04. The van der Waals surface area contributed by atoms with Crippen LogP contribution in [0.4, 0.5) is 0 Å². The molecule has 0 aliphatic rings. The summed E-state index contributed by atoms with van der Waals surface area (Å²) in [5, 5.41) is 29.1. The molecule has 8 rings (SSSR count). The summed E-state index contributed by atoms with van der Waals surface area (Å²) in [6, 6.07) is 40.3. The van der Waals surface area contributed by atoms with Crippen LogP contribution in [-0.2, 0) is 15.2 Å². The number of phenolic OH excluding ortho intramolecular Hbond substituents is 2. The van der Waals surface area contributed by atoms with Crippen molar-refractivity contribution in [1.29, 1.82) is 0 Å². The fraction of sp³-hybridized carbons (Fsp3) is 0. The molecular formula is C42H32O12S4. The molecule has 0 aliphatic heterocycles. The minimum absolute atomic E-state index is 0.0137. The van der Waals surface area contributed by atoms with E-state index in [1.54, 1.807) is 90.2 Å². The predicted octanol–water partition coefficient (Wildman–Crippen LogP) is 9.04. The maximum atomic E-state index is 12.4. The van der Waals surface area contributed by atoms with Crippen molar-refractivity contribution in [3.63, 3.8) is 0 Å². The van der Waals surface area contributed by atoms with Gasteiger partial charge in [-0.2, -0.15) is 8.42 Å². The zero-order valence-corrected chi connectivity index (χ0v) is 33.2. The molecule has 0 bridgehead atoms. The number of benzene rings is 6. The van der Waals surface area contributed by atoms with Gasteiger partial charge in [-0.05, 0) is 84.9 Å². The molecule has 0 radical (unpaired) electrons. The van der Waals surface area contributed by atoms with Gasteiger partial charge in [-0.3, -0.25) is 18.7 Å². The topological polar surface area (TPSA) is 213 Å². The highest BCUT2D eigenvalue weighted by Gasteiger charge is 2.09. The van der Waals surface area contributed by atoms with E-state index < -0.39 is 22.3 Å². The van der Waals surface area contributed by atoms with Crippen molar-refractivity contribution in [3.8, 4) is 17.2 Å². The molecule has 12 nitrogen and oxygen atoms in total. The fourth-order valence-electron chi connectivity index (χ4n) is 4.88. The van der Waals surface area contributed by atoms with E-state index >= 15 is 0 Å². The Hall–Kier alpha value is -6.40. The third kappa shape index (κ3) is 13.1. The van der Waals surface area contributed by atoms with Crippen LogP contribution in [0.3, 0.4) is 0 Å². The molecule has 0 fully saturated rings. The lowest BCUT2D eigenvalue weighted by molar-refractivity contribution is -0.128. The predicted molar refractivity (Wildman–Crippen MR) is 232 cm³/mol. The molecule has 2 heterocycles. The van der Waals surface area contributed by atoms with Gasteiger partial charge in [0.15, 0.2) is 10.9 Å². The van der Waals surface area contributed by atoms with Crippen LogP contribution in [-0.4, -0.2) is 44.8 Å². The summed E-state index contributed by atoms with van der Waals surface area (Å²) in [6.45, 7) is 3.34. The average Bonchev–Trinajstić information content (AvgIpc) is 3.19. The number of carbonyl (C=O) groups is 2. The van der Waals surface area contributed by atoms with Crippen LogP contribution in [0.5, 0.6) is 17.2 Å². The normalized spacial score (nSPS) is 10.3. The molecule has 0 saturated heterocycles. The van der Waals surface area contributed by atoms with Gasteiger partial charge in [0.05, 0.1) is 5.56 Å². The van der Waals surface area contributed by atoms with Crippen molar-refractivity contribution in [3.05, 3.63) is 178 Å². The van der Waals surface area contributed by atoms with Gasteiger partial charge in [0.25, 0.3) is 0 Å². The van der Waals surface area contributed by atoms with Gasteiger partial charge >= 0.3 is 22.3 Å². The molecule has 5 N–H and O–H groups in total. The van der Waals surface area contributed by atoms with E-state index in [0.29, 0.717) is 37.9 Å². The third-order valence-electron chi connectivity index (χ3n) is 7.38. The fourth-order valence-corrected chi connectivity index (χ4v) is 7.24. The minimum atomic E-state index is -4.67. The van der Waals surface area contributed by atoms with E-state index in [-0.39, 0.29) is 22.2 Å². The van der Waals surface area contributed by atoms with E-state index in [4.69, 9.17) is 32.5 Å². The molecule has 16 heteroatoms. The summed E-state index contributed by atoms with van der Waals surface area (Å²) in [4.78, 5) is 46.6. The number of rotatable bonds is 3. The smallest absolute Gasteiger partial charge is 0.394 e. The molecule has 58 heavy (non-hydrogen) atoms. The SMILES string of the molecule is C=CC(=O)Oc1ccc2sc3ccccc3c(=O)c2c1.O=C(O)c1ccccc1S.O=S(=O)(O)O.O=c1c2ccccc2sc2ccc(O)cc12.Oc1ccccc1. The number of carboxylic acid groups (broad SMARTS) is 1. The lowest BCUT2D eigenvalue weighted by atomic mass is 10.2. The van der Waals surface area contributed by atoms with Crippen LogP contribution in [0, 0.1) is 0 Å². The Morgan fingerprint density at radius 1 is 0.603 bits per heavy atom. The Kier molecular flexibility index (Phi) is 15.8. The molecule has 0 spiro atoms. The molecule has 296 valence electrons. The van der Waals surface area contributed by atoms with E-state index in [1.807, 2.05) is 48.5 Å². The molecule has 2 aromatic heterocycles. The van der Waals surface area contributed by atoms with E-state index in [9.17, 15) is 24.3 Å². The molecule has 6 aromatic carbocycles. The Bertz CT molecular complexity index is 2960. The number of para-hydroxylation sites is 1. The number of hydrogen-bond donors (Lipinski definition) is 6. The second-order valence-corrected chi connectivity index (χ2v) is 15.0. The summed E-state index contributed by atoms with van der Waals surface area (Å²) >= 11 is 7.06. The largest absolute Gasteiger partial charge is 0.508 e. The van der Waals surface area contributed by atoms with Crippen molar-refractivity contribution < 1.29 is 47.2 Å². The van der Waals surface area contributed by atoms with Crippen LogP contribution < -0.4 is 15.6 Å². The molecule has 0 aliphatic carbocycles. The van der Waals surface area contributed by atoms with Crippen molar-refractivity contribution in [2.75, 3.05) is 0 Å². The first-order chi connectivity index (χ1) is 27.5. The van der Waals surface area contributed by atoms with Gasteiger partial charge in [-0.1, -0.05) is 61.2 Å². The number of aromatic carboxylic acids is 1. The monoisotopic (exact) mass is 856 g/mol. The maximum absolute atomic E-state index is 12.4. The average molecular weight is 857 g/mol. The summed E-state index contributed by atoms with van der Waals surface area (Å²) in [6.07, 6.45) is 1.09. The van der Waals surface area contributed by atoms with Crippen molar-refractivity contribution in [2.24, 2.45) is 0 Å². The van der Waals surface area contributed by atoms with E-state index in [0.717, 1.165) is 24.9 Å². The highest BCUT2D eigenvalue weighted by molar-refractivity contribution is 7.80. The lowest BCUT2D eigenvalue weighted by Crippen LogP contribution is -2.05. The van der Waals surface area contributed by atoms with Gasteiger partial charge in [-0.25, -0.2) is 9.59 Å². The maximum Gasteiger partial charge on any atom is 0.394 e. The first-order valence-corrected chi connectivity index (χ1v) is 19.9. The van der Waals surface area contributed by atoms with Crippen LogP contribution in [0.15, 0.2) is 167 Å². The Balaban J connectivity index is 0.000000174. The number of hydrogen-bond acceptors (Lipinski definition) is 12. The summed E-state index contributed by atoms with van der Waals surface area (Å²) in [7, 11) is -4.67. The van der Waals surface area contributed by atoms with Gasteiger partial charge in [0.1, 0.15) is 17.2 Å². The first kappa shape index (κ1) is 44.3. The molecule has 0 saturated carbocycles. The number of aromatic hydroxyl groups is 2. The molecule has 8 aromatic rings. The van der Waals surface area contributed by atoms with Crippen molar-refractivity contribution >= 4 is 98.0 Å². The molecule has 0 unspecified atom stereocenters. The first-order valence-electron chi connectivity index (χ1n) is 16.4. The zero-order chi connectivity index (χ0) is 42.4. The number of phenols is 2. The number of ether oxygens (including phenoxy) is 1. The Morgan fingerprint density at radius 3 is 1.52 bits per heavy atom. The van der Waals surface area contributed by atoms with Crippen molar-refractivity contribution in [2.45, 2.75) is 4.90 Å². The number of carboxylic acids is 1. The van der Waals surface area contributed by atoms with Gasteiger partial charge < -0.3 is 20.1 Å². The quantitative estimate of drug-likeness (QED) is 0.0245. The second-order valence-electron chi connectivity index (χ2n) is 11.4. The molecule has 0 amide bonds. The minimum Gasteiger partial charge on any atom is -0.508 e. The van der Waals surface area contributed by atoms with Crippen LogP contribution in [0.2, 0.25) is 0 Å². The number of fused-ring (bicyclic) bond motifs is 4. The number of esters is 1. The molecular weight excluding hydrogens is 825 g/mol. The number of carbonyl (C=O) groups excluding carboxylic acids is 1. The highest BCUT2D eigenvalue weighted by atomic mass is 32.3. The van der Waals surface area contributed by atoms with E-state index in [2.05, 4.69) is 19.2 Å². The van der Waals surface area contributed by atoms with Gasteiger partial charge in [-0.15, -0.1) is 35.3 Å². The van der Waals surface area contributed by atoms with E-state index in [1.165, 1.54) is 23.5 Å². The van der Waals surface area contributed by atoms with Crippen LogP contribution in [0.1, 0.15) is 10.4 Å². The summed E-state index contributed by atoms with van der Waals surface area (Å²) < 4.78 is 40.3. The summed E-state index contributed by atoms with van der Waals surface area (Å²) in [5.41, 5.74) is 0.178. The molecule has 0 atom stereocenters.